The first-order valence-electron chi connectivity index (χ1n) is 6.56. The second-order valence-electron chi connectivity index (χ2n) is 4.49. The van der Waals surface area contributed by atoms with Gasteiger partial charge in [-0.1, -0.05) is 29.8 Å². The van der Waals surface area contributed by atoms with Crippen molar-refractivity contribution in [2.24, 2.45) is 5.73 Å². The smallest absolute Gasteiger partial charge is 0.246 e. The van der Waals surface area contributed by atoms with Crippen molar-refractivity contribution in [2.45, 2.75) is 38.1 Å². The van der Waals surface area contributed by atoms with Gasteiger partial charge in [0, 0.05) is 29.7 Å². The van der Waals surface area contributed by atoms with E-state index < -0.39 is 15.8 Å². The molecule has 0 aromatic heterocycles. The average Bonchev–Trinajstić information content (AvgIpc) is 2.40. The average molecular weight is 367 g/mol. The summed E-state index contributed by atoms with van der Waals surface area (Å²) in [4.78, 5) is -0.311. The number of sulfonamides is 1. The minimum Gasteiger partial charge on any atom is -0.326 e. The summed E-state index contributed by atoms with van der Waals surface area (Å²) in [5, 5.41) is 0. The van der Waals surface area contributed by atoms with Crippen LogP contribution in [0.3, 0.4) is 0 Å². The number of hydrogen-bond donors (Lipinski definition) is 1. The van der Waals surface area contributed by atoms with Crippen molar-refractivity contribution in [3.8, 4) is 0 Å². The number of hydrogen-bond acceptors (Lipinski definition) is 3. The predicted octanol–water partition coefficient (Wildman–Crippen LogP) is 2.86. The third kappa shape index (κ3) is 3.78. The third-order valence-corrected chi connectivity index (χ3v) is 5.22. The molecular formula is C13H20BrFN2O2S. The Bertz CT molecular complexity index is 558. The fourth-order valence-corrected chi connectivity index (χ4v) is 4.36. The van der Waals surface area contributed by atoms with Crippen LogP contribution in [0.25, 0.3) is 0 Å². The van der Waals surface area contributed by atoms with Crippen molar-refractivity contribution < 1.29 is 12.8 Å². The van der Waals surface area contributed by atoms with E-state index in [0.717, 1.165) is 0 Å². The molecule has 114 valence electrons. The van der Waals surface area contributed by atoms with Crippen LogP contribution >= 0.6 is 15.9 Å². The lowest BCUT2D eigenvalue weighted by Gasteiger charge is -2.22. The predicted molar refractivity (Wildman–Crippen MR) is 81.3 cm³/mol. The summed E-state index contributed by atoms with van der Waals surface area (Å²) in [5.41, 5.74) is 5.64. The van der Waals surface area contributed by atoms with Gasteiger partial charge < -0.3 is 5.73 Å². The van der Waals surface area contributed by atoms with Gasteiger partial charge in [0.05, 0.1) is 0 Å². The van der Waals surface area contributed by atoms with Gasteiger partial charge in [-0.25, -0.2) is 12.8 Å². The van der Waals surface area contributed by atoms with Gasteiger partial charge in [0.25, 0.3) is 0 Å². The second-order valence-corrected chi connectivity index (χ2v) is 7.31. The highest BCUT2D eigenvalue weighted by atomic mass is 79.9. The van der Waals surface area contributed by atoms with E-state index in [1.807, 2.05) is 13.8 Å². The van der Waals surface area contributed by atoms with Gasteiger partial charge in [0.15, 0.2) is 0 Å². The maximum atomic E-state index is 14.3. The molecule has 0 amide bonds. The van der Waals surface area contributed by atoms with Crippen LogP contribution in [0.4, 0.5) is 4.39 Å². The van der Waals surface area contributed by atoms with E-state index in [1.54, 1.807) is 0 Å². The molecule has 0 fully saturated rings. The monoisotopic (exact) mass is 366 g/mol. The summed E-state index contributed by atoms with van der Waals surface area (Å²) < 4.78 is 41.3. The van der Waals surface area contributed by atoms with Crippen LogP contribution in [0.1, 0.15) is 32.3 Å². The largest absolute Gasteiger partial charge is 0.326 e. The molecule has 0 bridgehead atoms. The summed E-state index contributed by atoms with van der Waals surface area (Å²) >= 11 is 3.20. The van der Waals surface area contributed by atoms with E-state index in [1.165, 1.54) is 16.4 Å². The second kappa shape index (κ2) is 7.49. The highest BCUT2D eigenvalue weighted by molar-refractivity contribution is 9.10. The van der Waals surface area contributed by atoms with Gasteiger partial charge >= 0.3 is 0 Å². The normalized spacial score (nSPS) is 12.1. The fourth-order valence-electron chi connectivity index (χ4n) is 1.94. The van der Waals surface area contributed by atoms with Crippen LogP contribution in [-0.4, -0.2) is 25.8 Å². The number of halogens is 2. The molecule has 0 aliphatic rings. The van der Waals surface area contributed by atoms with Crippen molar-refractivity contribution in [1.82, 2.24) is 4.31 Å². The number of rotatable bonds is 7. The Morgan fingerprint density at radius 1 is 1.25 bits per heavy atom. The van der Waals surface area contributed by atoms with E-state index in [0.29, 0.717) is 30.4 Å². The summed E-state index contributed by atoms with van der Waals surface area (Å²) in [5.74, 6) is -0.757. The van der Waals surface area contributed by atoms with Gasteiger partial charge in [-0.15, -0.1) is 0 Å². The third-order valence-electron chi connectivity index (χ3n) is 2.86. The lowest BCUT2D eigenvalue weighted by Crippen LogP contribution is -2.33. The van der Waals surface area contributed by atoms with Gasteiger partial charge in [-0.05, 0) is 25.0 Å². The molecule has 0 radical (unpaired) electrons. The maximum absolute atomic E-state index is 14.3. The lowest BCUT2D eigenvalue weighted by molar-refractivity contribution is 0.406. The van der Waals surface area contributed by atoms with Crippen LogP contribution in [0.5, 0.6) is 0 Å². The van der Waals surface area contributed by atoms with E-state index in [2.05, 4.69) is 15.9 Å². The summed E-state index contributed by atoms with van der Waals surface area (Å²) in [7, 11) is -3.84. The number of benzene rings is 1. The molecule has 0 atom stereocenters. The van der Waals surface area contributed by atoms with Crippen LogP contribution in [0.15, 0.2) is 21.5 Å². The van der Waals surface area contributed by atoms with Crippen LogP contribution in [0.2, 0.25) is 0 Å². The fraction of sp³-hybridized carbons (Fsp3) is 0.538. The molecule has 7 heteroatoms. The molecular weight excluding hydrogens is 347 g/mol. The van der Waals surface area contributed by atoms with Crippen LogP contribution in [0, 0.1) is 5.82 Å². The lowest BCUT2D eigenvalue weighted by atomic mass is 10.2. The summed E-state index contributed by atoms with van der Waals surface area (Å²) in [6.45, 7) is 4.48. The first kappa shape index (κ1) is 17.6. The molecule has 0 aliphatic carbocycles. The molecule has 1 aromatic carbocycles. The molecule has 1 rings (SSSR count). The zero-order valence-corrected chi connectivity index (χ0v) is 14.1. The van der Waals surface area contributed by atoms with Crippen molar-refractivity contribution in [2.75, 3.05) is 13.1 Å². The van der Waals surface area contributed by atoms with Gasteiger partial charge in [0.2, 0.25) is 10.0 Å². The molecule has 0 spiro atoms. The topological polar surface area (TPSA) is 63.4 Å². The first-order valence-corrected chi connectivity index (χ1v) is 8.79. The molecule has 0 aliphatic heterocycles. The Hall–Kier alpha value is -0.500. The molecule has 1 aromatic rings. The van der Waals surface area contributed by atoms with E-state index >= 15 is 0 Å². The van der Waals surface area contributed by atoms with Crippen molar-refractivity contribution in [3.63, 3.8) is 0 Å². The van der Waals surface area contributed by atoms with Crippen LogP contribution < -0.4 is 5.73 Å². The van der Waals surface area contributed by atoms with Gasteiger partial charge in [-0.2, -0.15) is 4.31 Å². The van der Waals surface area contributed by atoms with Crippen molar-refractivity contribution in [3.05, 3.63) is 28.0 Å². The molecule has 0 saturated carbocycles. The van der Waals surface area contributed by atoms with E-state index in [4.69, 9.17) is 5.73 Å². The summed E-state index contributed by atoms with van der Waals surface area (Å²) in [6.07, 6.45) is 1.36. The molecule has 0 unspecified atom stereocenters. The number of nitrogens with zero attached hydrogens (tertiary/aromatic N) is 1. The van der Waals surface area contributed by atoms with Gasteiger partial charge in [0.1, 0.15) is 10.7 Å². The Balaban J connectivity index is 3.36. The quantitative estimate of drug-likeness (QED) is 0.806. The van der Waals surface area contributed by atoms with E-state index in [-0.39, 0.29) is 17.0 Å². The Morgan fingerprint density at radius 3 is 2.25 bits per heavy atom. The van der Waals surface area contributed by atoms with Crippen LogP contribution in [-0.2, 0) is 16.6 Å². The summed E-state index contributed by atoms with van der Waals surface area (Å²) in [6, 6.07) is 2.79. The van der Waals surface area contributed by atoms with E-state index in [9.17, 15) is 12.8 Å². The molecule has 20 heavy (non-hydrogen) atoms. The molecule has 2 N–H and O–H groups in total. The Kier molecular flexibility index (Phi) is 6.57. The highest BCUT2D eigenvalue weighted by Crippen LogP contribution is 2.26. The zero-order chi connectivity index (χ0) is 15.3. The van der Waals surface area contributed by atoms with Gasteiger partial charge in [-0.3, -0.25) is 0 Å². The first-order chi connectivity index (χ1) is 9.38. The molecule has 0 heterocycles. The minimum absolute atomic E-state index is 0.0463. The highest BCUT2D eigenvalue weighted by Gasteiger charge is 2.28. The number of nitrogens with two attached hydrogens (primary N) is 1. The SMILES string of the molecule is CCCN(CCC)S(=O)(=O)c1cc(Br)cc(CN)c1F. The Morgan fingerprint density at radius 2 is 1.80 bits per heavy atom. The zero-order valence-electron chi connectivity index (χ0n) is 11.7. The molecule has 0 saturated heterocycles. The minimum atomic E-state index is -3.84. The standard InChI is InChI=1S/C13H20BrFN2O2S/c1-3-5-17(6-4-2)20(18,19)12-8-11(14)7-10(9-16)13(12)15/h7-8H,3-6,9,16H2,1-2H3. The maximum Gasteiger partial charge on any atom is 0.246 e. The Labute approximate surface area is 128 Å². The van der Waals surface area contributed by atoms with Crippen molar-refractivity contribution in [1.29, 1.82) is 0 Å². The van der Waals surface area contributed by atoms with Crippen molar-refractivity contribution >= 4 is 26.0 Å². The molecule has 4 nitrogen and oxygen atoms in total.